The van der Waals surface area contributed by atoms with Gasteiger partial charge in [-0.05, 0) is 12.1 Å². The molecule has 0 spiro atoms. The largest absolute Gasteiger partial charge is 0.480 e. The van der Waals surface area contributed by atoms with Gasteiger partial charge in [-0.25, -0.2) is 0 Å². The molecule has 3 aromatic heterocycles. The first-order chi connectivity index (χ1) is 12.2. The van der Waals surface area contributed by atoms with Crippen molar-refractivity contribution in [1.82, 2.24) is 34.9 Å². The standard InChI is InChI=1S/C16H15N7O2/c1-22-11-6-4-3-5-10(11)15(21-22)16(24)17-9-13-19-18-12-7-8-14(25-2)20-23(12)13/h3-8H,9H2,1-2H3,(H,17,24). The van der Waals surface area contributed by atoms with E-state index in [-0.39, 0.29) is 12.5 Å². The molecule has 0 aliphatic heterocycles. The van der Waals surface area contributed by atoms with Crippen molar-refractivity contribution >= 4 is 22.5 Å². The lowest BCUT2D eigenvalue weighted by molar-refractivity contribution is 0.0945. The second-order valence-corrected chi connectivity index (χ2v) is 5.43. The quantitative estimate of drug-likeness (QED) is 0.595. The first-order valence-corrected chi connectivity index (χ1v) is 7.62. The summed E-state index contributed by atoms with van der Waals surface area (Å²) in [6, 6.07) is 11.0. The lowest BCUT2D eigenvalue weighted by Gasteiger charge is -2.03. The van der Waals surface area contributed by atoms with Crippen LogP contribution in [0.5, 0.6) is 5.88 Å². The van der Waals surface area contributed by atoms with Crippen LogP contribution in [0.25, 0.3) is 16.6 Å². The van der Waals surface area contributed by atoms with Crippen LogP contribution >= 0.6 is 0 Å². The molecule has 0 aliphatic carbocycles. The molecule has 1 N–H and O–H groups in total. The second-order valence-electron chi connectivity index (χ2n) is 5.43. The molecule has 3 heterocycles. The molecule has 0 saturated carbocycles. The van der Waals surface area contributed by atoms with E-state index in [2.05, 4.69) is 25.7 Å². The summed E-state index contributed by atoms with van der Waals surface area (Å²) >= 11 is 0. The van der Waals surface area contributed by atoms with Crippen molar-refractivity contribution in [2.24, 2.45) is 7.05 Å². The molecule has 9 nitrogen and oxygen atoms in total. The van der Waals surface area contributed by atoms with Crippen molar-refractivity contribution in [2.45, 2.75) is 6.54 Å². The summed E-state index contributed by atoms with van der Waals surface area (Å²) < 4.78 is 8.33. The number of carbonyl (C=O) groups excluding carboxylic acids is 1. The Balaban J connectivity index is 1.59. The van der Waals surface area contributed by atoms with Gasteiger partial charge in [0.2, 0.25) is 5.88 Å². The number of hydrogen-bond donors (Lipinski definition) is 1. The predicted molar refractivity (Wildman–Crippen MR) is 89.2 cm³/mol. The normalized spacial score (nSPS) is 11.1. The van der Waals surface area contributed by atoms with Crippen molar-refractivity contribution in [3.8, 4) is 5.88 Å². The highest BCUT2D eigenvalue weighted by Gasteiger charge is 2.16. The molecule has 0 fully saturated rings. The molecule has 0 saturated heterocycles. The Morgan fingerprint density at radius 1 is 1.16 bits per heavy atom. The second kappa shape index (κ2) is 5.86. The first-order valence-electron chi connectivity index (χ1n) is 7.62. The average molecular weight is 337 g/mol. The van der Waals surface area contributed by atoms with Crippen LogP contribution in [0, 0.1) is 0 Å². The fourth-order valence-corrected chi connectivity index (χ4v) is 2.66. The van der Waals surface area contributed by atoms with Gasteiger partial charge < -0.3 is 10.1 Å². The van der Waals surface area contributed by atoms with E-state index >= 15 is 0 Å². The number of nitrogens with one attached hydrogen (secondary N) is 1. The molecule has 1 amide bonds. The molecule has 4 aromatic rings. The van der Waals surface area contributed by atoms with Gasteiger partial charge in [0.1, 0.15) is 0 Å². The van der Waals surface area contributed by atoms with E-state index < -0.39 is 0 Å². The summed E-state index contributed by atoms with van der Waals surface area (Å²) in [6.07, 6.45) is 0. The van der Waals surface area contributed by atoms with Gasteiger partial charge in [0, 0.05) is 18.5 Å². The SMILES string of the molecule is COc1ccc2nnc(CNC(=O)c3nn(C)c4ccccc34)n2n1. The summed E-state index contributed by atoms with van der Waals surface area (Å²) in [6.45, 7) is 0.172. The monoisotopic (exact) mass is 337 g/mol. The van der Waals surface area contributed by atoms with Crippen LogP contribution in [0.3, 0.4) is 0 Å². The number of aromatic nitrogens is 6. The summed E-state index contributed by atoms with van der Waals surface area (Å²) in [7, 11) is 3.34. The van der Waals surface area contributed by atoms with Crippen molar-refractivity contribution in [2.75, 3.05) is 7.11 Å². The van der Waals surface area contributed by atoms with Gasteiger partial charge in [-0.1, -0.05) is 18.2 Å². The van der Waals surface area contributed by atoms with E-state index in [9.17, 15) is 4.79 Å². The van der Waals surface area contributed by atoms with E-state index in [1.165, 1.54) is 11.6 Å². The van der Waals surface area contributed by atoms with Crippen LogP contribution < -0.4 is 10.1 Å². The molecule has 0 unspecified atom stereocenters. The van der Waals surface area contributed by atoms with Crippen molar-refractivity contribution < 1.29 is 9.53 Å². The molecule has 4 rings (SSSR count). The predicted octanol–water partition coefficient (Wildman–Crippen LogP) is 0.950. The van der Waals surface area contributed by atoms with Gasteiger partial charge in [0.25, 0.3) is 5.91 Å². The third kappa shape index (κ3) is 2.55. The van der Waals surface area contributed by atoms with Crippen LogP contribution in [0.1, 0.15) is 16.3 Å². The maximum atomic E-state index is 12.5. The van der Waals surface area contributed by atoms with Crippen molar-refractivity contribution in [3.63, 3.8) is 0 Å². The first kappa shape index (κ1) is 15.1. The van der Waals surface area contributed by atoms with Crippen LogP contribution in [0.15, 0.2) is 36.4 Å². The molecule has 0 bridgehead atoms. The van der Waals surface area contributed by atoms with Gasteiger partial charge in [-0.2, -0.15) is 9.61 Å². The molecule has 1 aromatic carbocycles. The fourth-order valence-electron chi connectivity index (χ4n) is 2.66. The minimum Gasteiger partial charge on any atom is -0.480 e. The number of carbonyl (C=O) groups is 1. The van der Waals surface area contributed by atoms with Crippen molar-refractivity contribution in [3.05, 3.63) is 47.9 Å². The number of benzene rings is 1. The number of ether oxygens (including phenoxy) is 1. The zero-order valence-electron chi connectivity index (χ0n) is 13.7. The van der Waals surface area contributed by atoms with Crippen LogP contribution in [-0.2, 0) is 13.6 Å². The van der Waals surface area contributed by atoms with Gasteiger partial charge >= 0.3 is 0 Å². The summed E-state index contributed by atoms with van der Waals surface area (Å²) in [5.41, 5.74) is 1.85. The number of nitrogens with zero attached hydrogens (tertiary/aromatic N) is 6. The van der Waals surface area contributed by atoms with Gasteiger partial charge in [0.15, 0.2) is 17.2 Å². The van der Waals surface area contributed by atoms with Gasteiger partial charge in [-0.3, -0.25) is 9.48 Å². The lowest BCUT2D eigenvalue weighted by atomic mass is 10.2. The lowest BCUT2D eigenvalue weighted by Crippen LogP contribution is -2.25. The molecule has 9 heteroatoms. The number of aryl methyl sites for hydroxylation is 1. The van der Waals surface area contributed by atoms with E-state index in [1.807, 2.05) is 24.3 Å². The topological polar surface area (TPSA) is 99.2 Å². The van der Waals surface area contributed by atoms with Gasteiger partial charge in [0.05, 0.1) is 19.2 Å². The molecular formula is C16H15N7O2. The zero-order valence-corrected chi connectivity index (χ0v) is 13.7. The fraction of sp³-hybridized carbons (Fsp3) is 0.188. The molecule has 0 radical (unpaired) electrons. The number of para-hydroxylation sites is 1. The third-order valence-electron chi connectivity index (χ3n) is 3.89. The maximum absolute atomic E-state index is 12.5. The molecule has 25 heavy (non-hydrogen) atoms. The Morgan fingerprint density at radius 3 is 2.84 bits per heavy atom. The van der Waals surface area contributed by atoms with Crippen LogP contribution in [0.4, 0.5) is 0 Å². The highest BCUT2D eigenvalue weighted by Crippen LogP contribution is 2.17. The molecule has 126 valence electrons. The maximum Gasteiger partial charge on any atom is 0.272 e. The van der Waals surface area contributed by atoms with E-state index in [0.29, 0.717) is 23.0 Å². The number of fused-ring (bicyclic) bond motifs is 2. The number of amides is 1. The minimum absolute atomic E-state index is 0.172. The molecule has 0 atom stereocenters. The van der Waals surface area contributed by atoms with Gasteiger partial charge in [-0.15, -0.1) is 15.3 Å². The summed E-state index contributed by atoms with van der Waals surface area (Å²) in [4.78, 5) is 12.5. The summed E-state index contributed by atoms with van der Waals surface area (Å²) in [5.74, 6) is 0.662. The average Bonchev–Trinajstić information content (AvgIpc) is 3.20. The molecular weight excluding hydrogens is 322 g/mol. The van der Waals surface area contributed by atoms with E-state index in [1.54, 1.807) is 23.9 Å². The number of rotatable bonds is 4. The highest BCUT2D eigenvalue weighted by atomic mass is 16.5. The molecule has 0 aliphatic rings. The Kier molecular flexibility index (Phi) is 3.53. The highest BCUT2D eigenvalue weighted by molar-refractivity contribution is 6.04. The number of methoxy groups -OCH3 is 1. The Morgan fingerprint density at radius 2 is 2.00 bits per heavy atom. The number of hydrogen-bond acceptors (Lipinski definition) is 6. The summed E-state index contributed by atoms with van der Waals surface area (Å²) in [5, 5.41) is 20.3. The van der Waals surface area contributed by atoms with Crippen molar-refractivity contribution in [1.29, 1.82) is 0 Å². The van der Waals surface area contributed by atoms with Crippen LogP contribution in [0.2, 0.25) is 0 Å². The Hall–Kier alpha value is -3.49. The smallest absolute Gasteiger partial charge is 0.272 e. The van der Waals surface area contributed by atoms with Crippen LogP contribution in [-0.4, -0.2) is 42.6 Å². The Bertz CT molecular complexity index is 1080. The minimum atomic E-state index is -0.281. The third-order valence-corrected chi connectivity index (χ3v) is 3.89. The van der Waals surface area contributed by atoms with E-state index in [4.69, 9.17) is 4.74 Å². The zero-order chi connectivity index (χ0) is 17.4. The van der Waals surface area contributed by atoms with E-state index in [0.717, 1.165) is 10.9 Å². The Labute approximate surface area is 142 Å².